The molecule has 0 spiro atoms. The third kappa shape index (κ3) is 3.71. The molecular formula is C16H20N2O4. The summed E-state index contributed by atoms with van der Waals surface area (Å²) in [5, 5.41) is 12.8. The molecule has 0 saturated carbocycles. The third-order valence-electron chi connectivity index (χ3n) is 3.88. The van der Waals surface area contributed by atoms with Crippen LogP contribution in [0, 0.1) is 0 Å². The molecule has 0 bridgehead atoms. The molecule has 1 heterocycles. The minimum atomic E-state index is -0.794. The van der Waals surface area contributed by atoms with Gasteiger partial charge < -0.3 is 15.3 Å². The Morgan fingerprint density at radius 2 is 1.91 bits per heavy atom. The summed E-state index contributed by atoms with van der Waals surface area (Å²) in [5.74, 6) is -0.522. The summed E-state index contributed by atoms with van der Waals surface area (Å²) < 4.78 is 0. The van der Waals surface area contributed by atoms with Gasteiger partial charge in [0.25, 0.3) is 5.91 Å². The van der Waals surface area contributed by atoms with E-state index in [1.807, 2.05) is 0 Å². The molecule has 6 heteroatoms. The van der Waals surface area contributed by atoms with Gasteiger partial charge in [-0.2, -0.15) is 0 Å². The maximum Gasteiger partial charge on any atom is 0.251 e. The molecule has 2 amide bonds. The Morgan fingerprint density at radius 3 is 2.50 bits per heavy atom. The normalized spacial score (nSPS) is 21.3. The number of piperidine rings is 1. The van der Waals surface area contributed by atoms with E-state index in [0.717, 1.165) is 0 Å². The lowest BCUT2D eigenvalue weighted by atomic mass is 10.0. The van der Waals surface area contributed by atoms with E-state index in [0.29, 0.717) is 24.1 Å². The van der Waals surface area contributed by atoms with Crippen LogP contribution in [0.15, 0.2) is 24.3 Å². The minimum absolute atomic E-state index is 0.0852. The maximum absolute atomic E-state index is 12.2. The number of ketones is 1. The van der Waals surface area contributed by atoms with Crippen LogP contribution in [0.4, 0.5) is 0 Å². The van der Waals surface area contributed by atoms with E-state index >= 15 is 0 Å². The molecule has 1 aromatic rings. The van der Waals surface area contributed by atoms with E-state index in [4.69, 9.17) is 0 Å². The zero-order chi connectivity index (χ0) is 16.3. The molecule has 1 aliphatic heterocycles. The van der Waals surface area contributed by atoms with E-state index in [-0.39, 0.29) is 24.1 Å². The quantitative estimate of drug-likeness (QED) is 0.801. The lowest BCUT2D eigenvalue weighted by Crippen LogP contribution is -2.55. The highest BCUT2D eigenvalue weighted by Gasteiger charge is 2.30. The van der Waals surface area contributed by atoms with Crippen molar-refractivity contribution >= 4 is 17.6 Å². The van der Waals surface area contributed by atoms with Crippen LogP contribution < -0.4 is 5.32 Å². The highest BCUT2D eigenvalue weighted by molar-refractivity contribution is 5.99. The number of carbonyl (C=O) groups excluding carboxylic acids is 3. The van der Waals surface area contributed by atoms with Gasteiger partial charge in [0.1, 0.15) is 0 Å². The van der Waals surface area contributed by atoms with Crippen LogP contribution in [0.2, 0.25) is 0 Å². The number of carbonyl (C=O) groups is 3. The molecule has 0 radical (unpaired) electrons. The zero-order valence-corrected chi connectivity index (χ0v) is 12.7. The van der Waals surface area contributed by atoms with Crippen LogP contribution in [0.3, 0.4) is 0 Å². The van der Waals surface area contributed by atoms with Crippen LogP contribution in [-0.4, -0.2) is 52.8 Å². The highest BCUT2D eigenvalue weighted by atomic mass is 16.3. The zero-order valence-electron chi connectivity index (χ0n) is 12.7. The van der Waals surface area contributed by atoms with Gasteiger partial charge in [-0.25, -0.2) is 0 Å². The summed E-state index contributed by atoms with van der Waals surface area (Å²) in [4.78, 5) is 36.4. The molecule has 118 valence electrons. The number of nitrogens with one attached hydrogen (secondary N) is 1. The Kier molecular flexibility index (Phi) is 4.92. The number of aliphatic hydroxyl groups is 1. The number of benzene rings is 1. The average molecular weight is 304 g/mol. The first-order chi connectivity index (χ1) is 10.4. The monoisotopic (exact) mass is 304 g/mol. The Hall–Kier alpha value is -2.21. The second-order valence-corrected chi connectivity index (χ2v) is 5.54. The fourth-order valence-electron chi connectivity index (χ4n) is 2.52. The van der Waals surface area contributed by atoms with Crippen molar-refractivity contribution in [3.63, 3.8) is 0 Å². The van der Waals surface area contributed by atoms with Crippen molar-refractivity contribution in [3.8, 4) is 0 Å². The van der Waals surface area contributed by atoms with Crippen molar-refractivity contribution < 1.29 is 19.5 Å². The number of hydrogen-bond donors (Lipinski definition) is 2. The second-order valence-electron chi connectivity index (χ2n) is 5.54. The largest absolute Gasteiger partial charge is 0.389 e. The van der Waals surface area contributed by atoms with Gasteiger partial charge in [-0.15, -0.1) is 0 Å². The Morgan fingerprint density at radius 1 is 1.23 bits per heavy atom. The first-order valence-electron chi connectivity index (χ1n) is 7.24. The van der Waals surface area contributed by atoms with E-state index in [9.17, 15) is 19.5 Å². The fourth-order valence-corrected chi connectivity index (χ4v) is 2.52. The lowest BCUT2D eigenvalue weighted by Gasteiger charge is -2.35. The molecule has 1 fully saturated rings. The number of Topliss-reactive ketones (excluding diaryl/α,β-unsaturated/α-hetero) is 1. The molecule has 22 heavy (non-hydrogen) atoms. The van der Waals surface area contributed by atoms with Crippen molar-refractivity contribution in [3.05, 3.63) is 35.4 Å². The highest BCUT2D eigenvalue weighted by Crippen LogP contribution is 2.13. The first-order valence-corrected chi connectivity index (χ1v) is 7.24. The van der Waals surface area contributed by atoms with Crippen molar-refractivity contribution in [1.82, 2.24) is 10.2 Å². The molecule has 0 aromatic heterocycles. The molecule has 0 aliphatic carbocycles. The summed E-state index contributed by atoms with van der Waals surface area (Å²) in [6.45, 7) is 3.62. The number of aliphatic hydroxyl groups excluding tert-OH is 1. The Bertz CT molecular complexity index is 600. The minimum Gasteiger partial charge on any atom is -0.389 e. The lowest BCUT2D eigenvalue weighted by molar-refractivity contribution is -0.132. The molecule has 0 unspecified atom stereocenters. The van der Waals surface area contributed by atoms with Crippen molar-refractivity contribution in [2.24, 2.45) is 0 Å². The topological polar surface area (TPSA) is 86.7 Å². The molecule has 2 rings (SSSR count). The van der Waals surface area contributed by atoms with E-state index < -0.39 is 12.1 Å². The van der Waals surface area contributed by atoms with Gasteiger partial charge in [-0.1, -0.05) is 12.1 Å². The summed E-state index contributed by atoms with van der Waals surface area (Å²) >= 11 is 0. The van der Waals surface area contributed by atoms with Gasteiger partial charge in [-0.3, -0.25) is 14.4 Å². The van der Waals surface area contributed by atoms with Crippen molar-refractivity contribution in [2.75, 3.05) is 13.1 Å². The van der Waals surface area contributed by atoms with Gasteiger partial charge in [0.05, 0.1) is 12.1 Å². The van der Waals surface area contributed by atoms with Crippen LogP contribution in [0.5, 0.6) is 0 Å². The molecule has 1 saturated heterocycles. The standard InChI is InChI=1S/C16H20N2O4/c1-10(19)12-4-3-5-13(8-12)16(22)17-14-6-7-18(11(2)20)9-15(14)21/h3-5,8,14-15,21H,6-7,9H2,1-2H3,(H,17,22)/t14-,15-/m1/s1. The van der Waals surface area contributed by atoms with Crippen molar-refractivity contribution in [1.29, 1.82) is 0 Å². The van der Waals surface area contributed by atoms with Crippen LogP contribution >= 0.6 is 0 Å². The Labute approximate surface area is 129 Å². The third-order valence-corrected chi connectivity index (χ3v) is 3.88. The van der Waals surface area contributed by atoms with E-state index in [1.165, 1.54) is 19.9 Å². The van der Waals surface area contributed by atoms with E-state index in [2.05, 4.69) is 5.32 Å². The number of hydrogen-bond acceptors (Lipinski definition) is 4. The summed E-state index contributed by atoms with van der Waals surface area (Å²) in [6, 6.07) is 6.07. The van der Waals surface area contributed by atoms with Crippen LogP contribution in [-0.2, 0) is 4.79 Å². The molecule has 1 aliphatic rings. The average Bonchev–Trinajstić information content (AvgIpc) is 2.49. The van der Waals surface area contributed by atoms with Gasteiger partial charge >= 0.3 is 0 Å². The van der Waals surface area contributed by atoms with Crippen molar-refractivity contribution in [2.45, 2.75) is 32.4 Å². The van der Waals surface area contributed by atoms with Gasteiger partial charge in [-0.05, 0) is 25.5 Å². The number of amides is 2. The number of nitrogens with zero attached hydrogens (tertiary/aromatic N) is 1. The first kappa shape index (κ1) is 16.2. The summed E-state index contributed by atoms with van der Waals surface area (Å²) in [7, 11) is 0. The second kappa shape index (κ2) is 6.70. The van der Waals surface area contributed by atoms with Gasteiger partial charge in [0.2, 0.25) is 5.91 Å². The number of rotatable bonds is 3. The van der Waals surface area contributed by atoms with Gasteiger partial charge in [0.15, 0.2) is 5.78 Å². The SMILES string of the molecule is CC(=O)c1cccc(C(=O)N[C@@H]2CCN(C(C)=O)C[C@H]2O)c1. The molecule has 2 atom stereocenters. The van der Waals surface area contributed by atoms with Crippen LogP contribution in [0.25, 0.3) is 0 Å². The van der Waals surface area contributed by atoms with E-state index in [1.54, 1.807) is 23.1 Å². The number of β-amino-alcohol motifs (C(OH)–C–C–N with tert-alkyl or cyclic N) is 1. The smallest absolute Gasteiger partial charge is 0.251 e. The predicted molar refractivity (Wildman–Crippen MR) is 80.6 cm³/mol. The molecule has 6 nitrogen and oxygen atoms in total. The number of likely N-dealkylation sites (tertiary alicyclic amines) is 1. The molecular weight excluding hydrogens is 284 g/mol. The summed E-state index contributed by atoms with van der Waals surface area (Å²) in [5.41, 5.74) is 0.855. The fraction of sp³-hybridized carbons (Fsp3) is 0.438. The Balaban J connectivity index is 2.02. The molecule has 1 aromatic carbocycles. The maximum atomic E-state index is 12.2. The summed E-state index contributed by atoms with van der Waals surface area (Å²) in [6.07, 6.45) is -0.295. The predicted octanol–water partition coefficient (Wildman–Crippen LogP) is 0.601. The van der Waals surface area contributed by atoms with Gasteiger partial charge in [0, 0.05) is 31.1 Å². The van der Waals surface area contributed by atoms with Crippen LogP contribution in [0.1, 0.15) is 41.0 Å². The molecule has 2 N–H and O–H groups in total.